The van der Waals surface area contributed by atoms with Gasteiger partial charge in [-0.1, -0.05) is 91.4 Å². The average molecular weight is 238 g/mol. The van der Waals surface area contributed by atoms with Gasteiger partial charge >= 0.3 is 0 Å². The van der Waals surface area contributed by atoms with Crippen LogP contribution in [-0.2, 0) is 0 Å². The number of hydrogen-bond acceptors (Lipinski definition) is 0. The van der Waals surface area contributed by atoms with Gasteiger partial charge in [-0.3, -0.25) is 0 Å². The third kappa shape index (κ3) is 7.11. The molecular weight excluding hydrogens is 204 g/mol. The lowest BCUT2D eigenvalue weighted by Crippen LogP contribution is -2.02. The Morgan fingerprint density at radius 3 is 2.06 bits per heavy atom. The van der Waals surface area contributed by atoms with Crippen LogP contribution < -0.4 is 0 Å². The highest BCUT2D eigenvalue weighted by Crippen LogP contribution is 2.30. The van der Waals surface area contributed by atoms with Gasteiger partial charge in [0.2, 0.25) is 0 Å². The van der Waals surface area contributed by atoms with Gasteiger partial charge in [0.15, 0.2) is 0 Å². The van der Waals surface area contributed by atoms with Gasteiger partial charge in [0.05, 0.1) is 0 Å². The third-order valence-electron chi connectivity index (χ3n) is 4.72. The molecule has 1 rings (SSSR count). The van der Waals surface area contributed by atoms with Crippen LogP contribution in [0.4, 0.5) is 0 Å². The van der Waals surface area contributed by atoms with Gasteiger partial charge in [-0.2, -0.15) is 0 Å². The highest BCUT2D eigenvalue weighted by atomic mass is 14.2. The first kappa shape index (κ1) is 15.1. The lowest BCUT2D eigenvalue weighted by Gasteiger charge is -2.16. The predicted molar refractivity (Wildman–Crippen MR) is 78.3 cm³/mol. The monoisotopic (exact) mass is 238 g/mol. The van der Waals surface area contributed by atoms with Crippen LogP contribution in [0.5, 0.6) is 0 Å². The molecule has 0 aromatic heterocycles. The van der Waals surface area contributed by atoms with E-state index >= 15 is 0 Å². The fraction of sp³-hybridized carbons (Fsp3) is 1.00. The maximum Gasteiger partial charge on any atom is -0.0414 e. The Hall–Kier alpha value is 0. The molecule has 1 aliphatic carbocycles. The summed E-state index contributed by atoms with van der Waals surface area (Å²) in [6, 6.07) is 0. The van der Waals surface area contributed by atoms with E-state index < -0.39 is 0 Å². The van der Waals surface area contributed by atoms with Gasteiger partial charge in [-0.05, 0) is 17.8 Å². The number of hydrogen-bond donors (Lipinski definition) is 0. The van der Waals surface area contributed by atoms with E-state index in [0.29, 0.717) is 0 Å². The summed E-state index contributed by atoms with van der Waals surface area (Å²) in [6.07, 6.45) is 16.3. The molecular formula is C17H34. The van der Waals surface area contributed by atoms with Crippen LogP contribution in [0.15, 0.2) is 0 Å². The van der Waals surface area contributed by atoms with Crippen molar-refractivity contribution in [2.24, 2.45) is 17.8 Å². The maximum atomic E-state index is 2.47. The largest absolute Gasteiger partial charge is 0.0654 e. The van der Waals surface area contributed by atoms with Crippen molar-refractivity contribution < 1.29 is 0 Å². The zero-order valence-corrected chi connectivity index (χ0v) is 12.5. The first-order valence-electron chi connectivity index (χ1n) is 8.22. The molecule has 0 spiro atoms. The summed E-state index contributed by atoms with van der Waals surface area (Å²) in [5.74, 6) is 3.02. The van der Waals surface area contributed by atoms with E-state index in [1.807, 2.05) is 0 Å². The van der Waals surface area contributed by atoms with E-state index in [-0.39, 0.29) is 0 Å². The minimum absolute atomic E-state index is 0.956. The SMILES string of the molecule is CCCC(C)CCC(C)CCCC1CCCC1. The Morgan fingerprint density at radius 1 is 0.882 bits per heavy atom. The van der Waals surface area contributed by atoms with Crippen molar-refractivity contribution in [3.05, 3.63) is 0 Å². The topological polar surface area (TPSA) is 0 Å². The zero-order valence-electron chi connectivity index (χ0n) is 12.5. The van der Waals surface area contributed by atoms with Crippen LogP contribution in [0.2, 0.25) is 0 Å². The Labute approximate surface area is 110 Å². The Bertz CT molecular complexity index is 167. The van der Waals surface area contributed by atoms with Gasteiger partial charge in [0.25, 0.3) is 0 Å². The summed E-state index contributed by atoms with van der Waals surface area (Å²) >= 11 is 0. The van der Waals surface area contributed by atoms with Crippen molar-refractivity contribution in [3.8, 4) is 0 Å². The van der Waals surface area contributed by atoms with Gasteiger partial charge < -0.3 is 0 Å². The minimum atomic E-state index is 0.956. The maximum absolute atomic E-state index is 2.47. The van der Waals surface area contributed by atoms with Gasteiger partial charge in [0.1, 0.15) is 0 Å². The van der Waals surface area contributed by atoms with Crippen LogP contribution in [0.3, 0.4) is 0 Å². The minimum Gasteiger partial charge on any atom is -0.0654 e. The van der Waals surface area contributed by atoms with Crippen LogP contribution >= 0.6 is 0 Å². The van der Waals surface area contributed by atoms with E-state index in [4.69, 9.17) is 0 Å². The fourth-order valence-electron chi connectivity index (χ4n) is 3.40. The summed E-state index contributed by atoms with van der Waals surface area (Å²) in [7, 11) is 0. The molecule has 102 valence electrons. The average Bonchev–Trinajstić information content (AvgIpc) is 2.80. The molecule has 1 fully saturated rings. The summed E-state index contributed by atoms with van der Waals surface area (Å²) in [4.78, 5) is 0. The van der Waals surface area contributed by atoms with Gasteiger partial charge in [0, 0.05) is 0 Å². The Balaban J connectivity index is 1.94. The first-order valence-corrected chi connectivity index (χ1v) is 8.22. The highest BCUT2D eigenvalue weighted by molar-refractivity contribution is 4.68. The second kappa shape index (κ2) is 9.00. The van der Waals surface area contributed by atoms with Crippen LogP contribution in [-0.4, -0.2) is 0 Å². The molecule has 0 saturated heterocycles. The van der Waals surface area contributed by atoms with Crippen LogP contribution in [0.1, 0.15) is 91.4 Å². The van der Waals surface area contributed by atoms with E-state index in [1.165, 1.54) is 70.6 Å². The molecule has 0 radical (unpaired) electrons. The summed E-state index contributed by atoms with van der Waals surface area (Å²) in [5, 5.41) is 0. The summed E-state index contributed by atoms with van der Waals surface area (Å²) < 4.78 is 0. The second-order valence-corrected chi connectivity index (χ2v) is 6.66. The molecule has 2 unspecified atom stereocenters. The molecule has 0 bridgehead atoms. The summed E-state index contributed by atoms with van der Waals surface area (Å²) in [6.45, 7) is 7.20. The molecule has 2 atom stereocenters. The molecule has 1 saturated carbocycles. The van der Waals surface area contributed by atoms with Crippen molar-refractivity contribution in [1.82, 2.24) is 0 Å². The smallest absolute Gasteiger partial charge is 0.0414 e. The fourth-order valence-corrected chi connectivity index (χ4v) is 3.40. The lowest BCUT2D eigenvalue weighted by atomic mass is 9.90. The molecule has 0 aliphatic heterocycles. The second-order valence-electron chi connectivity index (χ2n) is 6.66. The van der Waals surface area contributed by atoms with Gasteiger partial charge in [-0.15, -0.1) is 0 Å². The molecule has 0 aromatic carbocycles. The Kier molecular flexibility index (Phi) is 7.97. The van der Waals surface area contributed by atoms with Crippen molar-refractivity contribution in [2.75, 3.05) is 0 Å². The molecule has 0 heterocycles. The lowest BCUT2D eigenvalue weighted by molar-refractivity contribution is 0.371. The molecule has 0 heteroatoms. The van der Waals surface area contributed by atoms with E-state index in [0.717, 1.165) is 17.8 Å². The molecule has 17 heavy (non-hydrogen) atoms. The van der Waals surface area contributed by atoms with E-state index in [9.17, 15) is 0 Å². The molecule has 0 aromatic rings. The van der Waals surface area contributed by atoms with E-state index in [2.05, 4.69) is 20.8 Å². The molecule has 0 amide bonds. The van der Waals surface area contributed by atoms with Crippen LogP contribution in [0, 0.1) is 17.8 Å². The molecule has 0 N–H and O–H groups in total. The van der Waals surface area contributed by atoms with Crippen molar-refractivity contribution in [1.29, 1.82) is 0 Å². The van der Waals surface area contributed by atoms with Crippen molar-refractivity contribution in [2.45, 2.75) is 91.4 Å². The molecule has 0 nitrogen and oxygen atoms in total. The standard InChI is InChI=1S/C17H34/c1-4-8-15(2)13-14-16(3)9-7-12-17-10-5-6-11-17/h15-17H,4-14H2,1-3H3. The van der Waals surface area contributed by atoms with Crippen molar-refractivity contribution in [3.63, 3.8) is 0 Å². The molecule has 1 aliphatic rings. The third-order valence-corrected chi connectivity index (χ3v) is 4.72. The Morgan fingerprint density at radius 2 is 1.47 bits per heavy atom. The first-order chi connectivity index (χ1) is 8.22. The van der Waals surface area contributed by atoms with Crippen molar-refractivity contribution >= 4 is 0 Å². The van der Waals surface area contributed by atoms with Gasteiger partial charge in [-0.25, -0.2) is 0 Å². The normalized spacial score (nSPS) is 20.6. The highest BCUT2D eigenvalue weighted by Gasteiger charge is 2.14. The number of rotatable bonds is 9. The quantitative estimate of drug-likeness (QED) is 0.448. The van der Waals surface area contributed by atoms with E-state index in [1.54, 1.807) is 0 Å². The van der Waals surface area contributed by atoms with Crippen LogP contribution in [0.25, 0.3) is 0 Å². The summed E-state index contributed by atoms with van der Waals surface area (Å²) in [5.41, 5.74) is 0. The predicted octanol–water partition coefficient (Wildman–Crippen LogP) is 6.20. The zero-order chi connectivity index (χ0) is 12.5.